The molecule has 0 atom stereocenters. The molecule has 0 unspecified atom stereocenters. The van der Waals surface area contributed by atoms with Crippen molar-refractivity contribution in [3.8, 4) is 10.4 Å². The largest absolute Gasteiger partial charge is 0.465 e. The van der Waals surface area contributed by atoms with Gasteiger partial charge in [0.05, 0.1) is 10.6 Å². The fourth-order valence-corrected chi connectivity index (χ4v) is 2.41. The van der Waals surface area contributed by atoms with Crippen LogP contribution in [0.1, 0.15) is 0 Å². The van der Waals surface area contributed by atoms with Crippen LogP contribution in [0.5, 0.6) is 0 Å². The summed E-state index contributed by atoms with van der Waals surface area (Å²) in [5.74, 6) is 0. The molecule has 1 aromatic heterocycles. The summed E-state index contributed by atoms with van der Waals surface area (Å²) < 4.78 is 0. The molecule has 16 heavy (non-hydrogen) atoms. The van der Waals surface area contributed by atoms with E-state index < -0.39 is 6.09 Å². The van der Waals surface area contributed by atoms with E-state index in [1.807, 2.05) is 41.8 Å². The molecule has 0 saturated heterocycles. The van der Waals surface area contributed by atoms with Crippen LogP contribution in [0.25, 0.3) is 10.4 Å². The molecule has 2 aromatic rings. The van der Waals surface area contributed by atoms with Crippen molar-refractivity contribution in [2.45, 2.75) is 0 Å². The number of carboxylic acid groups (broad SMARTS) is 1. The zero-order chi connectivity index (χ0) is 11.5. The molecule has 0 bridgehead atoms. The van der Waals surface area contributed by atoms with Crippen LogP contribution in [0.4, 0.5) is 10.5 Å². The molecule has 0 aliphatic heterocycles. The summed E-state index contributed by atoms with van der Waals surface area (Å²) in [4.78, 5) is 13.1. The van der Waals surface area contributed by atoms with E-state index in [4.69, 9.17) is 5.11 Å². The number of nitrogens with zero attached hydrogens (tertiary/aromatic N) is 1. The first-order chi connectivity index (χ1) is 7.70. The lowest BCUT2D eigenvalue weighted by molar-refractivity contribution is 0.203. The van der Waals surface area contributed by atoms with Gasteiger partial charge in [-0.2, -0.15) is 0 Å². The summed E-state index contributed by atoms with van der Waals surface area (Å²) in [6, 6.07) is 11.6. The van der Waals surface area contributed by atoms with E-state index in [1.54, 1.807) is 18.4 Å². The second-order valence-electron chi connectivity index (χ2n) is 3.34. The predicted molar refractivity (Wildman–Crippen MR) is 66.2 cm³/mol. The Hall–Kier alpha value is -1.81. The maximum absolute atomic E-state index is 10.9. The van der Waals surface area contributed by atoms with Crippen molar-refractivity contribution in [1.82, 2.24) is 0 Å². The van der Waals surface area contributed by atoms with Gasteiger partial charge >= 0.3 is 6.09 Å². The van der Waals surface area contributed by atoms with E-state index >= 15 is 0 Å². The third kappa shape index (κ3) is 1.92. The van der Waals surface area contributed by atoms with Gasteiger partial charge in [-0.15, -0.1) is 11.3 Å². The van der Waals surface area contributed by atoms with Gasteiger partial charge in [0.1, 0.15) is 0 Å². The third-order valence-electron chi connectivity index (χ3n) is 2.33. The molecule has 4 heteroatoms. The number of hydrogen-bond donors (Lipinski definition) is 1. The highest BCUT2D eigenvalue weighted by atomic mass is 32.1. The summed E-state index contributed by atoms with van der Waals surface area (Å²) in [6.45, 7) is 0. The summed E-state index contributed by atoms with van der Waals surface area (Å²) in [5.41, 5.74) is 1.77. The van der Waals surface area contributed by atoms with Crippen molar-refractivity contribution in [3.05, 3.63) is 41.8 Å². The van der Waals surface area contributed by atoms with E-state index in [-0.39, 0.29) is 0 Å². The van der Waals surface area contributed by atoms with E-state index in [1.165, 1.54) is 4.90 Å². The first-order valence-corrected chi connectivity index (χ1v) is 5.67. The molecule has 3 nitrogen and oxygen atoms in total. The van der Waals surface area contributed by atoms with E-state index in [9.17, 15) is 4.79 Å². The third-order valence-corrected chi connectivity index (χ3v) is 3.28. The van der Waals surface area contributed by atoms with E-state index in [0.717, 1.165) is 16.1 Å². The lowest BCUT2D eigenvalue weighted by atomic mass is 10.1. The van der Waals surface area contributed by atoms with Crippen molar-refractivity contribution >= 4 is 23.1 Å². The van der Waals surface area contributed by atoms with E-state index in [2.05, 4.69) is 0 Å². The van der Waals surface area contributed by atoms with Gasteiger partial charge in [0.25, 0.3) is 0 Å². The molecular weight excluding hydrogens is 222 g/mol. The highest BCUT2D eigenvalue weighted by Gasteiger charge is 2.15. The van der Waals surface area contributed by atoms with Crippen LogP contribution in [0.3, 0.4) is 0 Å². The number of rotatable bonds is 2. The van der Waals surface area contributed by atoms with Crippen LogP contribution >= 0.6 is 11.3 Å². The number of amides is 1. The lowest BCUT2D eigenvalue weighted by Gasteiger charge is -2.13. The van der Waals surface area contributed by atoms with Crippen LogP contribution in [0.2, 0.25) is 0 Å². The maximum Gasteiger partial charge on any atom is 0.411 e. The fourth-order valence-electron chi connectivity index (χ4n) is 1.48. The molecule has 0 fully saturated rings. The Balaban J connectivity index is 2.44. The summed E-state index contributed by atoms with van der Waals surface area (Å²) in [6.07, 6.45) is -0.949. The van der Waals surface area contributed by atoms with Crippen LogP contribution in [-0.2, 0) is 0 Å². The average molecular weight is 233 g/mol. The molecule has 0 aliphatic rings. The van der Waals surface area contributed by atoms with Crippen molar-refractivity contribution in [1.29, 1.82) is 0 Å². The molecule has 0 radical (unpaired) electrons. The molecule has 0 spiro atoms. The standard InChI is InChI=1S/C12H11NO2S/c1-13(12(14)15)10-7-8-16-11(10)9-5-3-2-4-6-9/h2-8H,1H3,(H,14,15). The fraction of sp³-hybridized carbons (Fsp3) is 0.0833. The molecule has 1 N–H and O–H groups in total. The Morgan fingerprint density at radius 3 is 2.56 bits per heavy atom. The van der Waals surface area contributed by atoms with Gasteiger partial charge < -0.3 is 5.11 Å². The van der Waals surface area contributed by atoms with Gasteiger partial charge in [-0.1, -0.05) is 30.3 Å². The summed E-state index contributed by atoms with van der Waals surface area (Å²) in [7, 11) is 1.55. The Bertz CT molecular complexity index is 493. The summed E-state index contributed by atoms with van der Waals surface area (Å²) >= 11 is 1.54. The first-order valence-electron chi connectivity index (χ1n) is 4.79. The molecule has 1 amide bonds. The zero-order valence-electron chi connectivity index (χ0n) is 8.75. The van der Waals surface area contributed by atoms with Crippen LogP contribution in [0, 0.1) is 0 Å². The monoisotopic (exact) mass is 233 g/mol. The Kier molecular flexibility index (Phi) is 2.92. The second-order valence-corrected chi connectivity index (χ2v) is 4.26. The molecule has 1 heterocycles. The van der Waals surface area contributed by atoms with Gasteiger partial charge in [-0.05, 0) is 17.0 Å². The molecule has 2 rings (SSSR count). The predicted octanol–water partition coefficient (Wildman–Crippen LogP) is 3.53. The first kappa shape index (κ1) is 10.7. The Morgan fingerprint density at radius 2 is 1.94 bits per heavy atom. The smallest absolute Gasteiger partial charge is 0.411 e. The average Bonchev–Trinajstić information content (AvgIpc) is 2.77. The Morgan fingerprint density at radius 1 is 1.25 bits per heavy atom. The zero-order valence-corrected chi connectivity index (χ0v) is 9.57. The van der Waals surface area contributed by atoms with Crippen molar-refractivity contribution in [2.24, 2.45) is 0 Å². The minimum absolute atomic E-state index is 0.726. The van der Waals surface area contributed by atoms with Gasteiger partial charge in [-0.25, -0.2) is 4.79 Å². The summed E-state index contributed by atoms with van der Waals surface area (Å²) in [5, 5.41) is 10.9. The molecule has 1 aromatic carbocycles. The van der Waals surface area contributed by atoms with Crippen molar-refractivity contribution in [3.63, 3.8) is 0 Å². The topological polar surface area (TPSA) is 40.5 Å². The van der Waals surface area contributed by atoms with Crippen LogP contribution < -0.4 is 4.90 Å². The Labute approximate surface area is 97.6 Å². The molecular formula is C12H11NO2S. The van der Waals surface area contributed by atoms with Gasteiger partial charge in [0.15, 0.2) is 0 Å². The van der Waals surface area contributed by atoms with E-state index in [0.29, 0.717) is 0 Å². The number of carbonyl (C=O) groups is 1. The van der Waals surface area contributed by atoms with Crippen LogP contribution in [-0.4, -0.2) is 18.2 Å². The highest BCUT2D eigenvalue weighted by molar-refractivity contribution is 7.14. The van der Waals surface area contributed by atoms with Gasteiger partial charge in [0.2, 0.25) is 0 Å². The second kappa shape index (κ2) is 4.37. The van der Waals surface area contributed by atoms with Crippen molar-refractivity contribution in [2.75, 3.05) is 11.9 Å². The maximum atomic E-state index is 10.9. The molecule has 0 saturated carbocycles. The number of hydrogen-bond acceptors (Lipinski definition) is 2. The number of thiophene rings is 1. The number of anilines is 1. The minimum atomic E-state index is -0.949. The minimum Gasteiger partial charge on any atom is -0.465 e. The normalized spacial score (nSPS) is 10.1. The van der Waals surface area contributed by atoms with Crippen molar-refractivity contribution < 1.29 is 9.90 Å². The quantitative estimate of drug-likeness (QED) is 0.862. The van der Waals surface area contributed by atoms with Gasteiger partial charge in [0, 0.05) is 7.05 Å². The van der Waals surface area contributed by atoms with Gasteiger partial charge in [-0.3, -0.25) is 4.90 Å². The lowest BCUT2D eigenvalue weighted by Crippen LogP contribution is -2.23. The highest BCUT2D eigenvalue weighted by Crippen LogP contribution is 2.35. The number of benzene rings is 1. The molecule has 0 aliphatic carbocycles. The molecule has 82 valence electrons. The van der Waals surface area contributed by atoms with Crippen LogP contribution in [0.15, 0.2) is 41.8 Å². The SMILES string of the molecule is CN(C(=O)O)c1ccsc1-c1ccccc1.